The minimum absolute atomic E-state index is 0. The summed E-state index contributed by atoms with van der Waals surface area (Å²) in [6.45, 7) is 13.8. The summed E-state index contributed by atoms with van der Waals surface area (Å²) in [5, 5.41) is 0. The Morgan fingerprint density at radius 2 is 1.19 bits per heavy atom. The van der Waals surface area contributed by atoms with Gasteiger partial charge in [-0.15, -0.1) is 16.7 Å². The van der Waals surface area contributed by atoms with E-state index < -0.39 is 0 Å². The molecule has 1 heteroatoms. The molecule has 0 unspecified atom stereocenters. The van der Waals surface area contributed by atoms with Gasteiger partial charge in [-0.1, -0.05) is 181 Å². The van der Waals surface area contributed by atoms with Crippen molar-refractivity contribution in [2.75, 3.05) is 0 Å². The second-order valence-electron chi connectivity index (χ2n) is 14.5. The van der Waals surface area contributed by atoms with Crippen LogP contribution in [0.2, 0.25) is 0 Å². The maximum absolute atomic E-state index is 3.85. The average Bonchev–Trinajstić information content (AvgIpc) is 3.72. The summed E-state index contributed by atoms with van der Waals surface area (Å²) in [4.78, 5) is 0. The Labute approximate surface area is 302 Å². The zero-order chi connectivity index (χ0) is 32.3. The fourth-order valence-electron chi connectivity index (χ4n) is 6.45. The first-order chi connectivity index (χ1) is 22.1. The summed E-state index contributed by atoms with van der Waals surface area (Å²) in [5.41, 5.74) is 15.0. The van der Waals surface area contributed by atoms with E-state index in [9.17, 15) is 0 Å². The molecule has 0 fully saturated rings. The van der Waals surface area contributed by atoms with Crippen LogP contribution in [0, 0.1) is 6.07 Å². The van der Waals surface area contributed by atoms with Crippen molar-refractivity contribution in [2.45, 2.75) is 64.7 Å². The molecule has 2 aliphatic rings. The van der Waals surface area contributed by atoms with Gasteiger partial charge >= 0.3 is 0 Å². The van der Waals surface area contributed by atoms with E-state index in [1.165, 1.54) is 61.2 Å². The van der Waals surface area contributed by atoms with Gasteiger partial charge in [0, 0.05) is 26.2 Å². The molecule has 5 aromatic rings. The van der Waals surface area contributed by atoms with E-state index in [-0.39, 0.29) is 37.0 Å². The Morgan fingerprint density at radius 1 is 0.638 bits per heavy atom. The van der Waals surface area contributed by atoms with Crippen molar-refractivity contribution in [3.63, 3.8) is 0 Å². The quantitative estimate of drug-likeness (QED) is 0.128. The van der Waals surface area contributed by atoms with Crippen LogP contribution in [-0.4, -0.2) is 0 Å². The number of fused-ring (bicyclic) bond motifs is 3. The first-order valence-electron chi connectivity index (χ1n) is 16.5. The second-order valence-corrected chi connectivity index (χ2v) is 14.5. The number of hydrogen-bond donors (Lipinski definition) is 0. The van der Waals surface area contributed by atoms with Gasteiger partial charge in [0.25, 0.3) is 0 Å². The number of allylic oxidation sites excluding steroid dienone is 4. The zero-order valence-corrected chi connectivity index (χ0v) is 31.1. The van der Waals surface area contributed by atoms with Gasteiger partial charge in [0.1, 0.15) is 0 Å². The third-order valence-corrected chi connectivity index (χ3v) is 8.96. The molecular weight excluding hydrogens is 644 g/mol. The van der Waals surface area contributed by atoms with E-state index in [0.717, 1.165) is 6.42 Å². The van der Waals surface area contributed by atoms with Gasteiger partial charge in [0.2, 0.25) is 0 Å². The molecule has 0 heterocycles. The molecule has 0 saturated heterocycles. The second kappa shape index (κ2) is 14.5. The van der Waals surface area contributed by atoms with Gasteiger partial charge in [0.15, 0.2) is 0 Å². The first-order valence-corrected chi connectivity index (χ1v) is 16.5. The van der Waals surface area contributed by atoms with Crippen LogP contribution in [0.3, 0.4) is 0 Å². The monoisotopic (exact) mass is 687 g/mol. The molecule has 2 aliphatic carbocycles. The summed E-state index contributed by atoms with van der Waals surface area (Å²) in [6, 6.07) is 44.8. The zero-order valence-electron chi connectivity index (χ0n) is 28.6. The average molecular weight is 689 g/mol. The third-order valence-electron chi connectivity index (χ3n) is 8.96. The van der Waals surface area contributed by atoms with E-state index in [1.807, 2.05) is 6.07 Å². The van der Waals surface area contributed by atoms with Gasteiger partial charge < -0.3 is 0 Å². The molecule has 0 amide bonds. The van der Waals surface area contributed by atoms with Crippen LogP contribution in [0.1, 0.15) is 92.0 Å². The van der Waals surface area contributed by atoms with Gasteiger partial charge in [0.05, 0.1) is 0 Å². The molecule has 0 atom stereocenters. The van der Waals surface area contributed by atoms with E-state index in [2.05, 4.69) is 187 Å². The smallest absolute Gasteiger partial charge is 0 e. The first kappa shape index (κ1) is 34.5. The number of hydrogen-bond acceptors (Lipinski definition) is 0. The maximum Gasteiger partial charge on any atom is 0 e. The maximum atomic E-state index is 3.85. The number of benzene rings is 5. The molecule has 0 nitrogen and oxygen atoms in total. The van der Waals surface area contributed by atoms with E-state index >= 15 is 0 Å². The van der Waals surface area contributed by atoms with Crippen LogP contribution < -0.4 is 0 Å². The van der Waals surface area contributed by atoms with E-state index in [4.69, 9.17) is 0 Å². The summed E-state index contributed by atoms with van der Waals surface area (Å²) in [7, 11) is 0. The Bertz CT molecular complexity index is 1840. The predicted molar refractivity (Wildman–Crippen MR) is 198 cm³/mol. The molecule has 5 aromatic carbocycles. The molecule has 0 N–H and O–H groups in total. The van der Waals surface area contributed by atoms with Gasteiger partial charge in [-0.3, -0.25) is 0 Å². The van der Waals surface area contributed by atoms with Crippen LogP contribution >= 0.6 is 0 Å². The Kier molecular flexibility index (Phi) is 10.7. The van der Waals surface area contributed by atoms with Crippen molar-refractivity contribution in [2.24, 2.45) is 0 Å². The SMILES string of the molecule is C(=C(c1ccccc1)c1ccccc1)c1ccccc1.CC(C)(C)c1ccc2c(c1)Cc1[c-]c(C(C)(C)C)c(C3C=CC=C3)cc1-2.[Zr]. The summed E-state index contributed by atoms with van der Waals surface area (Å²) < 4.78 is 0. The van der Waals surface area contributed by atoms with Gasteiger partial charge in [-0.05, 0) is 62.6 Å². The van der Waals surface area contributed by atoms with E-state index in [1.54, 1.807) is 0 Å². The van der Waals surface area contributed by atoms with Crippen LogP contribution in [-0.2, 0) is 43.5 Å². The van der Waals surface area contributed by atoms with Crippen molar-refractivity contribution in [1.82, 2.24) is 0 Å². The largest absolute Gasteiger partial charge is 0.175 e. The third kappa shape index (κ3) is 8.02. The molecule has 47 heavy (non-hydrogen) atoms. The van der Waals surface area contributed by atoms with Crippen LogP contribution in [0.5, 0.6) is 0 Å². The minimum Gasteiger partial charge on any atom is -0.175 e. The predicted octanol–water partition coefficient (Wildman–Crippen LogP) is 12.1. The Hall–Kier alpha value is -3.80. The van der Waals surface area contributed by atoms with Crippen molar-refractivity contribution >= 4 is 11.6 Å². The fourth-order valence-corrected chi connectivity index (χ4v) is 6.45. The molecule has 0 aliphatic heterocycles. The van der Waals surface area contributed by atoms with Crippen molar-refractivity contribution < 1.29 is 26.2 Å². The molecule has 0 saturated carbocycles. The molecule has 0 aromatic heterocycles. The van der Waals surface area contributed by atoms with Gasteiger partial charge in [-0.2, -0.15) is 17.7 Å². The van der Waals surface area contributed by atoms with Crippen molar-refractivity contribution in [3.05, 3.63) is 190 Å². The molecule has 234 valence electrons. The van der Waals surface area contributed by atoms with Gasteiger partial charge in [-0.25, -0.2) is 0 Å². The molecule has 0 bridgehead atoms. The summed E-state index contributed by atoms with van der Waals surface area (Å²) in [6.07, 6.45) is 12.2. The van der Waals surface area contributed by atoms with Crippen molar-refractivity contribution in [3.8, 4) is 11.1 Å². The topological polar surface area (TPSA) is 0 Å². The van der Waals surface area contributed by atoms with Crippen LogP contribution in [0.4, 0.5) is 0 Å². The van der Waals surface area contributed by atoms with E-state index in [0.29, 0.717) is 5.92 Å². The standard InChI is InChI=1S/C26H29.C20H16.Zr/c1-25(2,3)20-11-12-21-18(14-20)13-19-15-24(26(4,5)6)23(16-22(19)21)17-9-7-8-10-17;1-4-10-17(11-5-1)16-20(18-12-6-2-7-13-18)19-14-8-3-9-15-19;/h7-12,14,16-17H,13H2,1-6H3;1-16H;/q-1;;. The summed E-state index contributed by atoms with van der Waals surface area (Å²) in [5.74, 6) is 0.378. The van der Waals surface area contributed by atoms with Crippen LogP contribution in [0.15, 0.2) is 140 Å². The Morgan fingerprint density at radius 3 is 1.72 bits per heavy atom. The van der Waals surface area contributed by atoms with Crippen LogP contribution in [0.25, 0.3) is 22.8 Å². The Balaban J connectivity index is 0.000000187. The molecule has 0 radical (unpaired) electrons. The summed E-state index contributed by atoms with van der Waals surface area (Å²) >= 11 is 0. The minimum atomic E-state index is 0. The molecule has 7 rings (SSSR count). The molecule has 0 spiro atoms. The number of rotatable bonds is 4. The molecular formula is C46H45Zr-. The van der Waals surface area contributed by atoms with Crippen molar-refractivity contribution in [1.29, 1.82) is 0 Å². The fraction of sp³-hybridized carbons (Fsp3) is 0.217. The normalized spacial score (nSPS) is 13.2.